The average Bonchev–Trinajstić information content (AvgIpc) is 2.57. The molecule has 0 aliphatic heterocycles. The van der Waals surface area contributed by atoms with Gasteiger partial charge in [-0.15, -0.1) is 0 Å². The number of nitrogens with one attached hydrogen (secondary N) is 1. The fourth-order valence-electron chi connectivity index (χ4n) is 3.26. The first-order chi connectivity index (χ1) is 11.1. The SMILES string of the molecule is C[C@@H]1CCCC[C@H]1Nc1cc(-c2cccc(C(N)=O)c2)ccn1. The molecule has 1 amide bonds. The summed E-state index contributed by atoms with van der Waals surface area (Å²) >= 11 is 0. The molecule has 0 saturated heterocycles. The van der Waals surface area contributed by atoms with Crippen LogP contribution < -0.4 is 11.1 Å². The Morgan fingerprint density at radius 1 is 1.17 bits per heavy atom. The highest BCUT2D eigenvalue weighted by atomic mass is 16.1. The van der Waals surface area contributed by atoms with Gasteiger partial charge in [0.1, 0.15) is 5.82 Å². The topological polar surface area (TPSA) is 68.0 Å². The summed E-state index contributed by atoms with van der Waals surface area (Å²) < 4.78 is 0. The quantitative estimate of drug-likeness (QED) is 0.901. The number of primary amides is 1. The molecule has 2 atom stereocenters. The van der Waals surface area contributed by atoms with Gasteiger partial charge in [-0.2, -0.15) is 0 Å². The third-order valence-electron chi connectivity index (χ3n) is 4.69. The largest absolute Gasteiger partial charge is 0.367 e. The van der Waals surface area contributed by atoms with Crippen LogP contribution in [-0.4, -0.2) is 16.9 Å². The molecule has 4 nitrogen and oxygen atoms in total. The van der Waals surface area contributed by atoms with E-state index in [-0.39, 0.29) is 0 Å². The van der Waals surface area contributed by atoms with Crippen molar-refractivity contribution in [1.82, 2.24) is 4.98 Å². The number of benzene rings is 1. The Kier molecular flexibility index (Phi) is 4.60. The summed E-state index contributed by atoms with van der Waals surface area (Å²) in [5, 5.41) is 3.58. The van der Waals surface area contributed by atoms with E-state index in [4.69, 9.17) is 5.73 Å². The zero-order valence-corrected chi connectivity index (χ0v) is 13.5. The van der Waals surface area contributed by atoms with E-state index in [1.807, 2.05) is 36.5 Å². The monoisotopic (exact) mass is 309 g/mol. The lowest BCUT2D eigenvalue weighted by Gasteiger charge is -2.30. The first-order valence-electron chi connectivity index (χ1n) is 8.26. The van der Waals surface area contributed by atoms with E-state index in [0.29, 0.717) is 17.5 Å². The number of aromatic nitrogens is 1. The van der Waals surface area contributed by atoms with Crippen LogP contribution in [0.4, 0.5) is 5.82 Å². The molecule has 1 heterocycles. The Hall–Kier alpha value is -2.36. The molecule has 1 aliphatic rings. The molecule has 1 fully saturated rings. The van der Waals surface area contributed by atoms with Crippen molar-refractivity contribution >= 4 is 11.7 Å². The molecule has 120 valence electrons. The summed E-state index contributed by atoms with van der Waals surface area (Å²) in [6.45, 7) is 2.30. The van der Waals surface area contributed by atoms with Crippen LogP contribution in [0.1, 0.15) is 43.0 Å². The predicted molar refractivity (Wildman–Crippen MR) is 93.2 cm³/mol. The second kappa shape index (κ2) is 6.82. The fraction of sp³-hybridized carbons (Fsp3) is 0.368. The molecule has 3 rings (SSSR count). The molecule has 0 bridgehead atoms. The van der Waals surface area contributed by atoms with Crippen molar-refractivity contribution in [3.63, 3.8) is 0 Å². The highest BCUT2D eigenvalue weighted by molar-refractivity contribution is 5.94. The van der Waals surface area contributed by atoms with Gasteiger partial charge in [-0.1, -0.05) is 31.9 Å². The number of amides is 1. The van der Waals surface area contributed by atoms with Gasteiger partial charge < -0.3 is 11.1 Å². The molecule has 0 unspecified atom stereocenters. The van der Waals surface area contributed by atoms with E-state index in [9.17, 15) is 4.79 Å². The predicted octanol–water partition coefficient (Wildman–Crippen LogP) is 3.84. The van der Waals surface area contributed by atoms with Crippen molar-refractivity contribution < 1.29 is 4.79 Å². The van der Waals surface area contributed by atoms with Gasteiger partial charge in [0.05, 0.1) is 0 Å². The van der Waals surface area contributed by atoms with Gasteiger partial charge in [-0.05, 0) is 54.2 Å². The van der Waals surface area contributed by atoms with Crippen molar-refractivity contribution in [3.05, 3.63) is 48.2 Å². The Balaban J connectivity index is 1.82. The number of hydrogen-bond donors (Lipinski definition) is 2. The molecule has 0 radical (unpaired) electrons. The number of nitrogens with two attached hydrogens (primary N) is 1. The lowest BCUT2D eigenvalue weighted by molar-refractivity contribution is 0.100. The number of anilines is 1. The number of carbonyl (C=O) groups excluding carboxylic acids is 1. The van der Waals surface area contributed by atoms with E-state index >= 15 is 0 Å². The Morgan fingerprint density at radius 3 is 2.74 bits per heavy atom. The van der Waals surface area contributed by atoms with Crippen LogP contribution in [0, 0.1) is 5.92 Å². The zero-order valence-electron chi connectivity index (χ0n) is 13.5. The van der Waals surface area contributed by atoms with E-state index in [2.05, 4.69) is 17.2 Å². The Morgan fingerprint density at radius 2 is 1.96 bits per heavy atom. The van der Waals surface area contributed by atoms with Crippen LogP contribution in [0.2, 0.25) is 0 Å². The molecule has 2 aromatic rings. The van der Waals surface area contributed by atoms with E-state index in [1.54, 1.807) is 6.07 Å². The van der Waals surface area contributed by atoms with Gasteiger partial charge in [0.25, 0.3) is 0 Å². The van der Waals surface area contributed by atoms with E-state index in [0.717, 1.165) is 16.9 Å². The van der Waals surface area contributed by atoms with Crippen molar-refractivity contribution in [3.8, 4) is 11.1 Å². The second-order valence-electron chi connectivity index (χ2n) is 6.39. The number of pyridine rings is 1. The molecule has 3 N–H and O–H groups in total. The standard InChI is InChI=1S/C19H23N3O/c1-13-5-2-3-8-17(13)22-18-12-15(9-10-21-18)14-6-4-7-16(11-14)19(20)23/h4,6-7,9-13,17H,2-3,5,8H2,1H3,(H2,20,23)(H,21,22)/t13-,17-/m1/s1. The average molecular weight is 309 g/mol. The number of nitrogens with zero attached hydrogens (tertiary/aromatic N) is 1. The first-order valence-corrected chi connectivity index (χ1v) is 8.26. The molecular weight excluding hydrogens is 286 g/mol. The van der Waals surface area contributed by atoms with Crippen molar-refractivity contribution in [2.24, 2.45) is 11.7 Å². The van der Waals surface area contributed by atoms with Gasteiger partial charge >= 0.3 is 0 Å². The lowest BCUT2D eigenvalue weighted by Crippen LogP contribution is -2.30. The summed E-state index contributed by atoms with van der Waals surface area (Å²) in [7, 11) is 0. The van der Waals surface area contributed by atoms with E-state index in [1.165, 1.54) is 25.7 Å². The third kappa shape index (κ3) is 3.70. The van der Waals surface area contributed by atoms with Crippen molar-refractivity contribution in [2.75, 3.05) is 5.32 Å². The first kappa shape index (κ1) is 15.5. The highest BCUT2D eigenvalue weighted by Gasteiger charge is 2.21. The minimum Gasteiger partial charge on any atom is -0.367 e. The van der Waals surface area contributed by atoms with Gasteiger partial charge in [0, 0.05) is 17.8 Å². The summed E-state index contributed by atoms with van der Waals surface area (Å²) in [6.07, 6.45) is 6.89. The molecule has 23 heavy (non-hydrogen) atoms. The minimum absolute atomic E-state index is 0.407. The van der Waals surface area contributed by atoms with Crippen LogP contribution in [0.15, 0.2) is 42.6 Å². The molecular formula is C19H23N3O. The Labute approximate surface area is 137 Å². The minimum atomic E-state index is -0.407. The molecule has 1 aromatic carbocycles. The summed E-state index contributed by atoms with van der Waals surface area (Å²) in [4.78, 5) is 15.8. The van der Waals surface area contributed by atoms with Crippen molar-refractivity contribution in [1.29, 1.82) is 0 Å². The maximum Gasteiger partial charge on any atom is 0.248 e. The van der Waals surface area contributed by atoms with E-state index < -0.39 is 5.91 Å². The highest BCUT2D eigenvalue weighted by Crippen LogP contribution is 2.28. The van der Waals surface area contributed by atoms with Crippen LogP contribution in [0.25, 0.3) is 11.1 Å². The number of hydrogen-bond acceptors (Lipinski definition) is 3. The second-order valence-corrected chi connectivity index (χ2v) is 6.39. The van der Waals surface area contributed by atoms with Crippen molar-refractivity contribution in [2.45, 2.75) is 38.6 Å². The van der Waals surface area contributed by atoms with Gasteiger partial charge in [0.15, 0.2) is 0 Å². The normalized spacial score (nSPS) is 20.9. The number of rotatable bonds is 4. The summed E-state index contributed by atoms with van der Waals surface area (Å²) in [6, 6.07) is 11.9. The van der Waals surface area contributed by atoms with Gasteiger partial charge in [0.2, 0.25) is 5.91 Å². The molecule has 1 aromatic heterocycles. The number of carbonyl (C=O) groups is 1. The van der Waals surface area contributed by atoms with Crippen LogP contribution in [-0.2, 0) is 0 Å². The zero-order chi connectivity index (χ0) is 16.2. The summed E-state index contributed by atoms with van der Waals surface area (Å²) in [5.41, 5.74) is 7.90. The van der Waals surface area contributed by atoms with Crippen LogP contribution in [0.3, 0.4) is 0 Å². The molecule has 0 spiro atoms. The van der Waals surface area contributed by atoms with Gasteiger partial charge in [-0.25, -0.2) is 4.98 Å². The van der Waals surface area contributed by atoms with Crippen LogP contribution >= 0.6 is 0 Å². The maximum absolute atomic E-state index is 11.3. The molecule has 4 heteroatoms. The van der Waals surface area contributed by atoms with Gasteiger partial charge in [-0.3, -0.25) is 4.79 Å². The van der Waals surface area contributed by atoms with Crippen LogP contribution in [0.5, 0.6) is 0 Å². The third-order valence-corrected chi connectivity index (χ3v) is 4.69. The Bertz CT molecular complexity index is 699. The molecule has 1 aliphatic carbocycles. The smallest absolute Gasteiger partial charge is 0.248 e. The lowest BCUT2D eigenvalue weighted by atomic mass is 9.86. The molecule has 1 saturated carbocycles. The maximum atomic E-state index is 11.3. The summed E-state index contributed by atoms with van der Waals surface area (Å²) in [5.74, 6) is 1.16. The fourth-order valence-corrected chi connectivity index (χ4v) is 3.26.